The average Bonchev–Trinajstić information content (AvgIpc) is 3.02. The predicted molar refractivity (Wildman–Crippen MR) is 161 cm³/mol. The van der Waals surface area contributed by atoms with Crippen molar-refractivity contribution >= 4 is 34.1 Å². The van der Waals surface area contributed by atoms with E-state index in [1.807, 2.05) is 6.07 Å². The Morgan fingerprint density at radius 2 is 1.64 bits per heavy atom. The molecule has 0 spiro atoms. The third kappa shape index (κ3) is 8.95. The first-order valence-electron chi connectivity index (χ1n) is 13.9. The highest BCUT2D eigenvalue weighted by Gasteiger charge is 2.36. The smallest absolute Gasteiger partial charge is 0.422 e. The van der Waals surface area contributed by atoms with Gasteiger partial charge in [-0.1, -0.05) is 73.3 Å². The van der Waals surface area contributed by atoms with Crippen LogP contribution < -0.4 is 19.1 Å². The second-order valence-corrected chi connectivity index (χ2v) is 11.6. The van der Waals surface area contributed by atoms with E-state index in [4.69, 9.17) is 9.47 Å². The Balaban J connectivity index is 1.66. The SMILES string of the molecule is C=CCOC(=O)NS(=O)(=O)N(CC(=O)O)c1c(OCc2ccccc2)cc2c(c1F)C[C@H](NC(=O)OCc1ccccc1)CC2. The molecule has 0 aromatic heterocycles. The van der Waals surface area contributed by atoms with Crippen LogP contribution in [0.5, 0.6) is 5.75 Å². The molecular weight excluding hydrogens is 609 g/mol. The zero-order valence-corrected chi connectivity index (χ0v) is 24.9. The van der Waals surface area contributed by atoms with E-state index >= 15 is 4.39 Å². The highest BCUT2D eigenvalue weighted by atomic mass is 32.2. The minimum absolute atomic E-state index is 0.0286. The molecule has 14 heteroatoms. The summed E-state index contributed by atoms with van der Waals surface area (Å²) in [5.41, 5.74) is 1.28. The maximum atomic E-state index is 16.5. The molecule has 3 aromatic rings. The van der Waals surface area contributed by atoms with E-state index in [2.05, 4.69) is 16.6 Å². The number of alkyl carbamates (subject to hydrolysis) is 1. The van der Waals surface area contributed by atoms with Gasteiger partial charge >= 0.3 is 28.4 Å². The summed E-state index contributed by atoms with van der Waals surface area (Å²) >= 11 is 0. The van der Waals surface area contributed by atoms with E-state index in [1.165, 1.54) is 12.1 Å². The number of benzene rings is 3. The van der Waals surface area contributed by atoms with E-state index in [-0.39, 0.29) is 48.3 Å². The van der Waals surface area contributed by atoms with E-state index in [9.17, 15) is 27.9 Å². The van der Waals surface area contributed by atoms with Crippen LogP contribution in [-0.4, -0.2) is 50.9 Å². The van der Waals surface area contributed by atoms with Crippen LogP contribution in [0.3, 0.4) is 0 Å². The Kier molecular flexibility index (Phi) is 11.0. The number of carbonyl (C=O) groups excluding carboxylic acids is 2. The molecule has 1 aliphatic rings. The number of carboxylic acid groups (broad SMARTS) is 1. The molecule has 45 heavy (non-hydrogen) atoms. The Bertz CT molecular complexity index is 1640. The van der Waals surface area contributed by atoms with Crippen molar-refractivity contribution in [2.24, 2.45) is 0 Å². The van der Waals surface area contributed by atoms with Crippen molar-refractivity contribution in [3.63, 3.8) is 0 Å². The molecule has 0 unspecified atom stereocenters. The van der Waals surface area contributed by atoms with Crippen molar-refractivity contribution in [2.75, 3.05) is 17.5 Å². The first kappa shape index (κ1) is 32.8. The number of aliphatic carboxylic acids is 1. The summed E-state index contributed by atoms with van der Waals surface area (Å²) in [6, 6.07) is 18.7. The number of carbonyl (C=O) groups is 3. The van der Waals surface area contributed by atoms with Gasteiger partial charge in [-0.2, -0.15) is 8.42 Å². The van der Waals surface area contributed by atoms with Gasteiger partial charge in [0.1, 0.15) is 37.8 Å². The van der Waals surface area contributed by atoms with Crippen LogP contribution in [0.1, 0.15) is 28.7 Å². The van der Waals surface area contributed by atoms with Gasteiger partial charge in [-0.25, -0.2) is 23.0 Å². The normalized spacial score (nSPS) is 13.9. The molecular formula is C31H32FN3O9S. The van der Waals surface area contributed by atoms with Gasteiger partial charge in [0, 0.05) is 6.04 Å². The zero-order chi connectivity index (χ0) is 32.4. The molecule has 0 saturated carbocycles. The van der Waals surface area contributed by atoms with Crippen LogP contribution in [-0.2, 0) is 50.5 Å². The first-order valence-corrected chi connectivity index (χ1v) is 15.3. The van der Waals surface area contributed by atoms with Crippen LogP contribution in [0.25, 0.3) is 0 Å². The summed E-state index contributed by atoms with van der Waals surface area (Å²) in [5, 5.41) is 12.3. The number of nitrogens with one attached hydrogen (secondary N) is 2. The number of hydrogen-bond acceptors (Lipinski definition) is 8. The predicted octanol–water partition coefficient (Wildman–Crippen LogP) is 4.24. The topological polar surface area (TPSA) is 161 Å². The fourth-order valence-corrected chi connectivity index (χ4v) is 5.76. The number of aryl methyl sites for hydroxylation is 1. The Hall–Kier alpha value is -5.11. The maximum absolute atomic E-state index is 16.5. The summed E-state index contributed by atoms with van der Waals surface area (Å²) in [4.78, 5) is 36.5. The lowest BCUT2D eigenvalue weighted by atomic mass is 9.87. The van der Waals surface area contributed by atoms with Crippen molar-refractivity contribution < 1.29 is 46.5 Å². The molecule has 0 aliphatic heterocycles. The average molecular weight is 642 g/mol. The van der Waals surface area contributed by atoms with E-state index < -0.39 is 52.5 Å². The number of hydrogen-bond donors (Lipinski definition) is 3. The van der Waals surface area contributed by atoms with Crippen molar-refractivity contribution in [3.05, 3.63) is 107 Å². The zero-order valence-electron chi connectivity index (χ0n) is 24.1. The van der Waals surface area contributed by atoms with Gasteiger partial charge in [0.15, 0.2) is 5.82 Å². The number of halogens is 1. The summed E-state index contributed by atoms with van der Waals surface area (Å²) in [6.07, 6.45) is -0.291. The molecule has 0 heterocycles. The lowest BCUT2D eigenvalue weighted by Gasteiger charge is -2.30. The molecule has 238 valence electrons. The van der Waals surface area contributed by atoms with Crippen LogP contribution >= 0.6 is 0 Å². The van der Waals surface area contributed by atoms with E-state index in [0.29, 0.717) is 17.5 Å². The Labute approximate surface area is 259 Å². The van der Waals surface area contributed by atoms with Crippen molar-refractivity contribution in [3.8, 4) is 5.75 Å². The summed E-state index contributed by atoms with van der Waals surface area (Å²) in [5.74, 6) is -2.97. The highest BCUT2D eigenvalue weighted by Crippen LogP contribution is 2.40. The minimum Gasteiger partial charge on any atom is -0.487 e. The highest BCUT2D eigenvalue weighted by molar-refractivity contribution is 7.91. The molecule has 0 fully saturated rings. The quantitative estimate of drug-likeness (QED) is 0.232. The van der Waals surface area contributed by atoms with Gasteiger partial charge in [-0.15, -0.1) is 0 Å². The number of amides is 2. The fourth-order valence-electron chi connectivity index (χ4n) is 4.69. The first-order chi connectivity index (χ1) is 21.6. The molecule has 3 aromatic carbocycles. The van der Waals surface area contributed by atoms with E-state index in [1.54, 1.807) is 59.3 Å². The third-order valence-electron chi connectivity index (χ3n) is 6.75. The lowest BCUT2D eigenvalue weighted by molar-refractivity contribution is -0.135. The molecule has 1 atom stereocenters. The van der Waals surface area contributed by atoms with E-state index in [0.717, 1.165) is 5.56 Å². The van der Waals surface area contributed by atoms with Gasteiger partial charge in [0.2, 0.25) is 0 Å². The number of rotatable bonds is 13. The number of anilines is 1. The molecule has 0 saturated heterocycles. The van der Waals surface area contributed by atoms with Crippen LogP contribution in [0.15, 0.2) is 79.4 Å². The van der Waals surface area contributed by atoms with Gasteiger partial charge in [-0.3, -0.25) is 4.79 Å². The lowest BCUT2D eigenvalue weighted by Crippen LogP contribution is -2.47. The Morgan fingerprint density at radius 3 is 2.27 bits per heavy atom. The fraction of sp³-hybridized carbons (Fsp3) is 0.258. The second-order valence-electron chi connectivity index (χ2n) is 9.99. The van der Waals surface area contributed by atoms with Gasteiger partial charge in [0.25, 0.3) is 0 Å². The third-order valence-corrected chi connectivity index (χ3v) is 8.06. The van der Waals surface area contributed by atoms with Crippen molar-refractivity contribution in [2.45, 2.75) is 38.5 Å². The van der Waals surface area contributed by atoms with Crippen LogP contribution in [0.2, 0.25) is 0 Å². The molecule has 3 N–H and O–H groups in total. The van der Waals surface area contributed by atoms with Gasteiger partial charge < -0.3 is 24.6 Å². The number of fused-ring (bicyclic) bond motifs is 1. The standard InChI is InChI=1S/C31H32FN3O9S/c1-2-15-42-31(39)34-45(40,41)35(18-27(36)37)29-26(43-19-21-9-5-3-6-10-21)16-23-13-14-24(17-25(23)28(29)32)33-30(38)44-20-22-11-7-4-8-12-22/h2-12,16,24H,1,13-15,17-20H2,(H,33,38)(H,34,39)(H,36,37)/t24-/m1/s1. The van der Waals surface area contributed by atoms with Gasteiger partial charge in [-0.05, 0) is 47.6 Å². The number of carboxylic acids is 1. The Morgan fingerprint density at radius 1 is 1.00 bits per heavy atom. The summed E-state index contributed by atoms with van der Waals surface area (Å²) in [7, 11) is -5.04. The molecule has 12 nitrogen and oxygen atoms in total. The molecule has 4 rings (SSSR count). The number of ether oxygens (including phenoxy) is 3. The summed E-state index contributed by atoms with van der Waals surface area (Å²) < 4.78 is 60.8. The maximum Gasteiger partial charge on any atom is 0.422 e. The minimum atomic E-state index is -5.04. The molecule has 1 aliphatic carbocycles. The number of nitrogens with zero attached hydrogens (tertiary/aromatic N) is 1. The van der Waals surface area contributed by atoms with Crippen LogP contribution in [0.4, 0.5) is 19.7 Å². The second kappa shape index (κ2) is 15.1. The van der Waals surface area contributed by atoms with Gasteiger partial charge in [0.05, 0.1) is 0 Å². The monoisotopic (exact) mass is 641 g/mol. The van der Waals surface area contributed by atoms with Crippen molar-refractivity contribution in [1.82, 2.24) is 10.0 Å². The largest absolute Gasteiger partial charge is 0.487 e. The molecule has 0 radical (unpaired) electrons. The molecule has 2 amide bonds. The van der Waals surface area contributed by atoms with Crippen LogP contribution in [0, 0.1) is 5.82 Å². The molecule has 0 bridgehead atoms. The summed E-state index contributed by atoms with van der Waals surface area (Å²) in [6.45, 7) is 1.71. The van der Waals surface area contributed by atoms with Crippen molar-refractivity contribution in [1.29, 1.82) is 0 Å².